The lowest BCUT2D eigenvalue weighted by Crippen LogP contribution is -2.38. The molecule has 20 heavy (non-hydrogen) atoms. The third kappa shape index (κ3) is 2.34. The van der Waals surface area contributed by atoms with E-state index >= 15 is 0 Å². The van der Waals surface area contributed by atoms with Crippen LogP contribution in [0.5, 0.6) is 0 Å². The molecule has 1 amide bonds. The average Bonchev–Trinajstić information content (AvgIpc) is 3.11. The molecule has 0 unspecified atom stereocenters. The number of likely N-dealkylation sites (tertiary alicyclic amines) is 1. The Morgan fingerprint density at radius 1 is 1.35 bits per heavy atom. The van der Waals surface area contributed by atoms with E-state index in [-0.39, 0.29) is 23.5 Å². The van der Waals surface area contributed by atoms with Crippen LogP contribution in [0.15, 0.2) is 31.1 Å². The number of hydrogen-bond donors (Lipinski definition) is 1. The number of nitrogens with zero attached hydrogens (tertiary/aromatic N) is 5. The maximum atomic E-state index is 12.5. The first kappa shape index (κ1) is 12.6. The molecule has 1 aliphatic heterocycles. The van der Waals surface area contributed by atoms with Crippen LogP contribution in [0.25, 0.3) is 0 Å². The molecule has 104 valence electrons. The Bertz CT molecular complexity index is 597. The predicted octanol–water partition coefficient (Wildman–Crippen LogP) is 0.560. The van der Waals surface area contributed by atoms with Crippen molar-refractivity contribution in [1.82, 2.24) is 24.4 Å². The van der Waals surface area contributed by atoms with Crippen LogP contribution < -0.4 is 5.73 Å². The molecule has 0 spiro atoms. The molecule has 0 radical (unpaired) electrons. The lowest BCUT2D eigenvalue weighted by molar-refractivity contribution is 0.0719. The monoisotopic (exact) mass is 272 g/mol. The molecule has 2 N–H and O–H groups in total. The largest absolute Gasteiger partial charge is 0.382 e. The summed E-state index contributed by atoms with van der Waals surface area (Å²) in [5.41, 5.74) is 5.98. The fourth-order valence-corrected chi connectivity index (χ4v) is 2.58. The van der Waals surface area contributed by atoms with Crippen molar-refractivity contribution in [1.29, 1.82) is 0 Å². The number of rotatable bonds is 3. The summed E-state index contributed by atoms with van der Waals surface area (Å²) in [5.74, 6) is 0.0454. The molecule has 2 aromatic rings. The predicted molar refractivity (Wildman–Crippen MR) is 72.7 cm³/mol. The van der Waals surface area contributed by atoms with E-state index < -0.39 is 0 Å². The van der Waals surface area contributed by atoms with Gasteiger partial charge in [-0.25, -0.2) is 15.0 Å². The molecule has 3 rings (SSSR count). The summed E-state index contributed by atoms with van der Waals surface area (Å²) in [7, 11) is 0. The van der Waals surface area contributed by atoms with Gasteiger partial charge in [-0.3, -0.25) is 4.79 Å². The zero-order valence-electron chi connectivity index (χ0n) is 11.0. The molecule has 1 atom stereocenters. The van der Waals surface area contributed by atoms with Crippen molar-refractivity contribution in [3.8, 4) is 0 Å². The van der Waals surface area contributed by atoms with Crippen molar-refractivity contribution in [3.63, 3.8) is 0 Å². The van der Waals surface area contributed by atoms with Gasteiger partial charge in [0, 0.05) is 37.9 Å². The van der Waals surface area contributed by atoms with E-state index in [1.807, 2.05) is 15.7 Å². The van der Waals surface area contributed by atoms with E-state index in [1.165, 1.54) is 12.4 Å². The van der Waals surface area contributed by atoms with Crippen LogP contribution in [-0.4, -0.2) is 42.9 Å². The summed E-state index contributed by atoms with van der Waals surface area (Å²) in [6.07, 6.45) is 10.3. The highest BCUT2D eigenvalue weighted by Gasteiger charge is 2.31. The Hall–Kier alpha value is -2.44. The Balaban J connectivity index is 1.78. The first-order chi connectivity index (χ1) is 9.75. The van der Waals surface area contributed by atoms with Gasteiger partial charge in [-0.1, -0.05) is 0 Å². The lowest BCUT2D eigenvalue weighted by Gasteiger charge is -2.24. The number of carbonyl (C=O) groups is 1. The molecule has 0 bridgehead atoms. The Morgan fingerprint density at radius 3 is 2.95 bits per heavy atom. The van der Waals surface area contributed by atoms with Crippen molar-refractivity contribution in [2.75, 3.05) is 12.3 Å². The van der Waals surface area contributed by atoms with Crippen LogP contribution in [0.2, 0.25) is 0 Å². The van der Waals surface area contributed by atoms with E-state index in [0.29, 0.717) is 0 Å². The second-order valence-corrected chi connectivity index (χ2v) is 4.84. The highest BCUT2D eigenvalue weighted by atomic mass is 16.2. The van der Waals surface area contributed by atoms with Crippen LogP contribution in [0.1, 0.15) is 23.3 Å². The molecule has 1 fully saturated rings. The zero-order valence-corrected chi connectivity index (χ0v) is 11.0. The summed E-state index contributed by atoms with van der Waals surface area (Å²) in [4.78, 5) is 26.4. The van der Waals surface area contributed by atoms with E-state index in [0.717, 1.165) is 25.9 Å². The van der Waals surface area contributed by atoms with Gasteiger partial charge in [-0.15, -0.1) is 0 Å². The summed E-state index contributed by atoms with van der Waals surface area (Å²) in [6, 6.07) is 0.151. The van der Waals surface area contributed by atoms with Crippen LogP contribution in [-0.2, 0) is 6.54 Å². The molecular formula is C13H16N6O. The first-order valence-corrected chi connectivity index (χ1v) is 6.59. The maximum Gasteiger partial charge on any atom is 0.276 e. The van der Waals surface area contributed by atoms with Gasteiger partial charge in [0.05, 0.1) is 12.4 Å². The molecular weight excluding hydrogens is 256 g/mol. The molecule has 7 heteroatoms. The van der Waals surface area contributed by atoms with Gasteiger partial charge in [-0.05, 0) is 12.8 Å². The van der Waals surface area contributed by atoms with Crippen molar-refractivity contribution in [3.05, 3.63) is 36.8 Å². The molecule has 1 aliphatic rings. The first-order valence-electron chi connectivity index (χ1n) is 6.59. The molecule has 3 heterocycles. The van der Waals surface area contributed by atoms with Gasteiger partial charge in [0.1, 0.15) is 0 Å². The Labute approximate surface area is 116 Å². The van der Waals surface area contributed by atoms with E-state index in [2.05, 4.69) is 15.0 Å². The number of nitrogen functional groups attached to an aromatic ring is 1. The van der Waals surface area contributed by atoms with Gasteiger partial charge in [0.2, 0.25) is 0 Å². The number of aromatic nitrogens is 4. The third-order valence-corrected chi connectivity index (χ3v) is 3.55. The second kappa shape index (κ2) is 5.28. The number of hydrogen-bond acceptors (Lipinski definition) is 5. The minimum Gasteiger partial charge on any atom is -0.382 e. The molecule has 0 saturated carbocycles. The van der Waals surface area contributed by atoms with Crippen molar-refractivity contribution in [2.45, 2.75) is 25.4 Å². The third-order valence-electron chi connectivity index (χ3n) is 3.55. The van der Waals surface area contributed by atoms with Crippen LogP contribution in [0, 0.1) is 0 Å². The summed E-state index contributed by atoms with van der Waals surface area (Å²) in [6.45, 7) is 1.47. The normalized spacial score (nSPS) is 18.4. The summed E-state index contributed by atoms with van der Waals surface area (Å²) in [5, 5.41) is 0. The van der Waals surface area contributed by atoms with Gasteiger partial charge < -0.3 is 15.2 Å². The Morgan fingerprint density at radius 2 is 2.20 bits per heavy atom. The van der Waals surface area contributed by atoms with Crippen LogP contribution >= 0.6 is 0 Å². The molecule has 0 aliphatic carbocycles. The highest BCUT2D eigenvalue weighted by Crippen LogP contribution is 2.22. The summed E-state index contributed by atoms with van der Waals surface area (Å²) >= 11 is 0. The van der Waals surface area contributed by atoms with E-state index in [9.17, 15) is 4.79 Å². The lowest BCUT2D eigenvalue weighted by atomic mass is 10.2. The minimum absolute atomic E-state index is 0.141. The fourth-order valence-electron chi connectivity index (χ4n) is 2.58. The van der Waals surface area contributed by atoms with Gasteiger partial charge in [0.25, 0.3) is 5.91 Å². The Kier molecular flexibility index (Phi) is 3.32. The molecule has 0 aromatic carbocycles. The standard InChI is InChI=1S/C13H16N6O/c14-12-11(16-3-4-17-12)13(20)19-6-1-2-10(19)8-18-7-5-15-9-18/h3-5,7,9-10H,1-2,6,8H2,(H2,14,17)/t10-/m1/s1. The maximum absolute atomic E-state index is 12.5. The minimum atomic E-state index is -0.141. The number of anilines is 1. The molecule has 2 aromatic heterocycles. The van der Waals surface area contributed by atoms with Gasteiger partial charge in [-0.2, -0.15) is 0 Å². The van der Waals surface area contributed by atoms with Gasteiger partial charge >= 0.3 is 0 Å². The number of nitrogens with two attached hydrogens (primary N) is 1. The zero-order chi connectivity index (χ0) is 13.9. The highest BCUT2D eigenvalue weighted by molar-refractivity contribution is 5.96. The topological polar surface area (TPSA) is 89.9 Å². The van der Waals surface area contributed by atoms with Gasteiger partial charge in [0.15, 0.2) is 11.5 Å². The molecule has 7 nitrogen and oxygen atoms in total. The average molecular weight is 272 g/mol. The van der Waals surface area contributed by atoms with Crippen molar-refractivity contribution in [2.24, 2.45) is 0 Å². The van der Waals surface area contributed by atoms with E-state index in [4.69, 9.17) is 5.73 Å². The fraction of sp³-hybridized carbons (Fsp3) is 0.385. The second-order valence-electron chi connectivity index (χ2n) is 4.84. The van der Waals surface area contributed by atoms with E-state index in [1.54, 1.807) is 12.5 Å². The number of imidazole rings is 1. The number of carbonyl (C=O) groups excluding carboxylic acids is 1. The quantitative estimate of drug-likeness (QED) is 0.881. The van der Waals surface area contributed by atoms with Crippen LogP contribution in [0.4, 0.5) is 5.82 Å². The summed E-state index contributed by atoms with van der Waals surface area (Å²) < 4.78 is 1.98. The SMILES string of the molecule is Nc1nccnc1C(=O)N1CCC[C@@H]1Cn1ccnc1. The van der Waals surface area contributed by atoms with Crippen molar-refractivity contribution >= 4 is 11.7 Å². The number of amides is 1. The van der Waals surface area contributed by atoms with Crippen molar-refractivity contribution < 1.29 is 4.79 Å². The van der Waals surface area contributed by atoms with Crippen LogP contribution in [0.3, 0.4) is 0 Å². The molecule has 1 saturated heterocycles. The smallest absolute Gasteiger partial charge is 0.276 e.